The summed E-state index contributed by atoms with van der Waals surface area (Å²) in [4.78, 5) is 2.35. The zero-order chi connectivity index (χ0) is 10.6. The first-order chi connectivity index (χ1) is 6.58. The van der Waals surface area contributed by atoms with Crippen molar-refractivity contribution in [2.24, 2.45) is 5.92 Å². The van der Waals surface area contributed by atoms with Crippen molar-refractivity contribution >= 4 is 15.9 Å². The number of hydrogen-bond acceptors (Lipinski definition) is 1. The van der Waals surface area contributed by atoms with E-state index in [1.807, 2.05) is 0 Å². The van der Waals surface area contributed by atoms with Crippen LogP contribution in [-0.4, -0.2) is 18.5 Å². The van der Waals surface area contributed by atoms with E-state index in [1.165, 1.54) is 5.56 Å². The lowest BCUT2D eigenvalue weighted by atomic mass is 10.2. The lowest BCUT2D eigenvalue weighted by Crippen LogP contribution is -2.22. The van der Waals surface area contributed by atoms with E-state index in [1.54, 1.807) is 0 Å². The molecule has 0 spiro atoms. The predicted molar refractivity (Wildman–Crippen MR) is 65.3 cm³/mol. The van der Waals surface area contributed by atoms with Crippen molar-refractivity contribution in [2.45, 2.75) is 20.4 Å². The minimum Gasteiger partial charge on any atom is -0.302 e. The Morgan fingerprint density at radius 3 is 2.64 bits per heavy atom. The summed E-state index contributed by atoms with van der Waals surface area (Å²) in [6.07, 6.45) is 0. The molecular formula is C12H18BrN. The van der Waals surface area contributed by atoms with Gasteiger partial charge in [-0.05, 0) is 30.7 Å². The monoisotopic (exact) mass is 255 g/mol. The van der Waals surface area contributed by atoms with Crippen molar-refractivity contribution in [2.75, 3.05) is 13.6 Å². The van der Waals surface area contributed by atoms with Gasteiger partial charge in [-0.1, -0.05) is 41.9 Å². The molecule has 0 aliphatic rings. The largest absolute Gasteiger partial charge is 0.302 e. The van der Waals surface area contributed by atoms with Crippen molar-refractivity contribution in [1.29, 1.82) is 0 Å². The van der Waals surface area contributed by atoms with E-state index in [-0.39, 0.29) is 0 Å². The van der Waals surface area contributed by atoms with Crippen molar-refractivity contribution in [3.63, 3.8) is 0 Å². The van der Waals surface area contributed by atoms with Crippen LogP contribution in [0.5, 0.6) is 0 Å². The van der Waals surface area contributed by atoms with Crippen molar-refractivity contribution in [3.8, 4) is 0 Å². The van der Waals surface area contributed by atoms with E-state index < -0.39 is 0 Å². The third-order valence-corrected chi connectivity index (χ3v) is 2.51. The molecule has 14 heavy (non-hydrogen) atoms. The summed E-state index contributed by atoms with van der Waals surface area (Å²) < 4.78 is 1.16. The molecule has 1 aromatic rings. The van der Waals surface area contributed by atoms with Crippen LogP contribution in [0.15, 0.2) is 28.7 Å². The smallest absolute Gasteiger partial charge is 0.0231 e. The SMILES string of the molecule is CC(C)CN(C)Cc1cccc(Br)c1. The van der Waals surface area contributed by atoms with Crippen LogP contribution >= 0.6 is 15.9 Å². The fourth-order valence-electron chi connectivity index (χ4n) is 1.63. The number of benzene rings is 1. The Bertz CT molecular complexity index is 283. The topological polar surface area (TPSA) is 3.24 Å². The minimum absolute atomic E-state index is 0.729. The van der Waals surface area contributed by atoms with Gasteiger partial charge in [-0.2, -0.15) is 0 Å². The molecular weight excluding hydrogens is 238 g/mol. The van der Waals surface area contributed by atoms with Gasteiger partial charge in [0.05, 0.1) is 0 Å². The highest BCUT2D eigenvalue weighted by atomic mass is 79.9. The average Bonchev–Trinajstić information content (AvgIpc) is 2.01. The molecule has 1 nitrogen and oxygen atoms in total. The molecule has 2 heteroatoms. The van der Waals surface area contributed by atoms with Gasteiger partial charge in [0.2, 0.25) is 0 Å². The Kier molecular flexibility index (Phi) is 4.63. The van der Waals surface area contributed by atoms with Gasteiger partial charge < -0.3 is 4.90 Å². The first kappa shape index (κ1) is 11.7. The molecule has 78 valence electrons. The number of halogens is 1. The van der Waals surface area contributed by atoms with Crippen molar-refractivity contribution in [3.05, 3.63) is 34.3 Å². The van der Waals surface area contributed by atoms with Gasteiger partial charge in [0.1, 0.15) is 0 Å². The maximum atomic E-state index is 3.48. The Balaban J connectivity index is 2.51. The predicted octanol–water partition coefficient (Wildman–Crippen LogP) is 3.54. The second-order valence-corrected chi connectivity index (χ2v) is 5.14. The summed E-state index contributed by atoms with van der Waals surface area (Å²) in [5, 5.41) is 0. The quantitative estimate of drug-likeness (QED) is 0.796. The first-order valence-corrected chi connectivity index (χ1v) is 5.80. The molecule has 0 radical (unpaired) electrons. The van der Waals surface area contributed by atoms with Gasteiger partial charge >= 0.3 is 0 Å². The van der Waals surface area contributed by atoms with Gasteiger partial charge in [0.25, 0.3) is 0 Å². The molecule has 1 aromatic carbocycles. The summed E-state index contributed by atoms with van der Waals surface area (Å²) in [5.41, 5.74) is 1.36. The van der Waals surface area contributed by atoms with Crippen LogP contribution in [0.1, 0.15) is 19.4 Å². The molecule has 0 saturated heterocycles. The van der Waals surface area contributed by atoms with E-state index in [0.717, 1.165) is 23.5 Å². The maximum absolute atomic E-state index is 3.48. The number of hydrogen-bond donors (Lipinski definition) is 0. The zero-order valence-electron chi connectivity index (χ0n) is 9.13. The first-order valence-electron chi connectivity index (χ1n) is 5.01. The van der Waals surface area contributed by atoms with E-state index in [2.05, 4.69) is 66.0 Å². The van der Waals surface area contributed by atoms with Gasteiger partial charge in [0, 0.05) is 17.6 Å². The van der Waals surface area contributed by atoms with Crippen LogP contribution in [0.4, 0.5) is 0 Å². The maximum Gasteiger partial charge on any atom is 0.0231 e. The molecule has 1 rings (SSSR count). The normalized spacial score (nSPS) is 11.3. The molecule has 0 amide bonds. The lowest BCUT2D eigenvalue weighted by molar-refractivity contribution is 0.288. The number of rotatable bonds is 4. The minimum atomic E-state index is 0.729. The van der Waals surface area contributed by atoms with Crippen LogP contribution in [-0.2, 0) is 6.54 Å². The summed E-state index contributed by atoms with van der Waals surface area (Å²) in [7, 11) is 2.17. The molecule has 0 unspecified atom stereocenters. The van der Waals surface area contributed by atoms with E-state index in [0.29, 0.717) is 0 Å². The fraction of sp³-hybridized carbons (Fsp3) is 0.500. The second kappa shape index (κ2) is 5.52. The standard InChI is InChI=1S/C12H18BrN/c1-10(2)8-14(3)9-11-5-4-6-12(13)7-11/h4-7,10H,8-9H2,1-3H3. The third kappa shape index (κ3) is 4.25. The van der Waals surface area contributed by atoms with Crippen LogP contribution in [0.25, 0.3) is 0 Å². The van der Waals surface area contributed by atoms with E-state index in [4.69, 9.17) is 0 Å². The van der Waals surface area contributed by atoms with Gasteiger partial charge in [-0.25, -0.2) is 0 Å². The summed E-state index contributed by atoms with van der Waals surface area (Å²) >= 11 is 3.48. The number of nitrogens with zero attached hydrogens (tertiary/aromatic N) is 1. The highest BCUT2D eigenvalue weighted by Gasteiger charge is 2.02. The van der Waals surface area contributed by atoms with Crippen LogP contribution in [0, 0.1) is 5.92 Å². The average molecular weight is 256 g/mol. The van der Waals surface area contributed by atoms with E-state index >= 15 is 0 Å². The van der Waals surface area contributed by atoms with Crippen molar-refractivity contribution < 1.29 is 0 Å². The van der Waals surface area contributed by atoms with Crippen molar-refractivity contribution in [1.82, 2.24) is 4.90 Å². The highest BCUT2D eigenvalue weighted by molar-refractivity contribution is 9.10. The fourth-order valence-corrected chi connectivity index (χ4v) is 2.08. The Morgan fingerprint density at radius 1 is 1.36 bits per heavy atom. The third-order valence-electron chi connectivity index (χ3n) is 2.02. The summed E-state index contributed by atoms with van der Waals surface area (Å²) in [6, 6.07) is 8.49. The molecule has 0 aromatic heterocycles. The molecule has 0 aliphatic heterocycles. The Labute approximate surface area is 95.2 Å². The van der Waals surface area contributed by atoms with Gasteiger partial charge in [-0.15, -0.1) is 0 Å². The lowest BCUT2D eigenvalue weighted by Gasteiger charge is -2.18. The molecule has 0 saturated carbocycles. The molecule has 0 fully saturated rings. The highest BCUT2D eigenvalue weighted by Crippen LogP contribution is 2.13. The Hall–Kier alpha value is -0.340. The van der Waals surface area contributed by atoms with E-state index in [9.17, 15) is 0 Å². The molecule has 0 N–H and O–H groups in total. The molecule has 0 atom stereocenters. The van der Waals surface area contributed by atoms with Crippen LogP contribution < -0.4 is 0 Å². The second-order valence-electron chi connectivity index (χ2n) is 4.22. The van der Waals surface area contributed by atoms with Crippen LogP contribution in [0.2, 0.25) is 0 Å². The molecule has 0 heterocycles. The van der Waals surface area contributed by atoms with Crippen LogP contribution in [0.3, 0.4) is 0 Å². The van der Waals surface area contributed by atoms with Gasteiger partial charge in [-0.3, -0.25) is 0 Å². The Morgan fingerprint density at radius 2 is 2.07 bits per heavy atom. The summed E-state index contributed by atoms with van der Waals surface area (Å²) in [5.74, 6) is 0.729. The molecule has 0 aliphatic carbocycles. The summed E-state index contributed by atoms with van der Waals surface area (Å²) in [6.45, 7) is 6.67. The zero-order valence-corrected chi connectivity index (χ0v) is 10.7. The molecule has 0 bridgehead atoms. The van der Waals surface area contributed by atoms with Gasteiger partial charge in [0.15, 0.2) is 0 Å².